The molecule has 0 N–H and O–H groups in total. The van der Waals surface area contributed by atoms with E-state index in [2.05, 4.69) is 70.3 Å². The van der Waals surface area contributed by atoms with Gasteiger partial charge in [-0.3, -0.25) is 0 Å². The second kappa shape index (κ2) is 5.56. The first-order valence-corrected chi connectivity index (χ1v) is 8.27. The van der Waals surface area contributed by atoms with Crippen LogP contribution in [-0.4, -0.2) is 14.5 Å². The fourth-order valence-electron chi connectivity index (χ4n) is 3.21. The zero-order valence-corrected chi connectivity index (χ0v) is 13.5. The third-order valence-corrected chi connectivity index (χ3v) is 4.47. The van der Waals surface area contributed by atoms with Crippen molar-refractivity contribution in [3.8, 4) is 17.1 Å². The van der Waals surface area contributed by atoms with Gasteiger partial charge in [0.2, 0.25) is 0 Å². The molecule has 118 valence electrons. The first-order chi connectivity index (χ1) is 12.4. The Balaban J connectivity index is 1.65. The summed E-state index contributed by atoms with van der Waals surface area (Å²) in [6, 6.07) is 26.9. The van der Waals surface area contributed by atoms with Gasteiger partial charge in [0.25, 0.3) is 0 Å². The minimum absolute atomic E-state index is 0.747. The summed E-state index contributed by atoms with van der Waals surface area (Å²) >= 11 is 0. The molecule has 5 aromatic rings. The van der Waals surface area contributed by atoms with Crippen LogP contribution in [0.1, 0.15) is 0 Å². The molecule has 0 aliphatic rings. The highest BCUT2D eigenvalue weighted by Crippen LogP contribution is 2.24. The molecule has 0 bridgehead atoms. The Kier molecular flexibility index (Phi) is 3.10. The molecule has 0 radical (unpaired) electrons. The van der Waals surface area contributed by atoms with Crippen LogP contribution in [0.2, 0.25) is 0 Å². The summed E-state index contributed by atoms with van der Waals surface area (Å²) in [5.41, 5.74) is 4.28. The van der Waals surface area contributed by atoms with E-state index in [-0.39, 0.29) is 0 Å². The van der Waals surface area contributed by atoms with Crippen molar-refractivity contribution >= 4 is 21.8 Å². The van der Waals surface area contributed by atoms with E-state index in [9.17, 15) is 0 Å². The van der Waals surface area contributed by atoms with Gasteiger partial charge >= 0.3 is 0 Å². The monoisotopic (exact) mass is 321 g/mol. The van der Waals surface area contributed by atoms with Gasteiger partial charge in [-0.15, -0.1) is 0 Å². The predicted octanol–water partition coefficient (Wildman–Crippen LogP) is 5.24. The Morgan fingerprint density at radius 3 is 2.52 bits per heavy atom. The summed E-state index contributed by atoms with van der Waals surface area (Å²) < 4.78 is 2.19. The lowest BCUT2D eigenvalue weighted by molar-refractivity contribution is 1.12. The molecule has 0 aliphatic carbocycles. The van der Waals surface area contributed by atoms with Gasteiger partial charge in [0.15, 0.2) is 5.82 Å². The number of rotatable bonds is 2. The van der Waals surface area contributed by atoms with Gasteiger partial charge in [0.05, 0.1) is 11.0 Å². The van der Waals surface area contributed by atoms with Crippen LogP contribution in [0.5, 0.6) is 0 Å². The van der Waals surface area contributed by atoms with Crippen LogP contribution in [0.3, 0.4) is 0 Å². The molecule has 0 aliphatic heterocycles. The van der Waals surface area contributed by atoms with E-state index in [0.717, 1.165) is 28.0 Å². The molecule has 3 nitrogen and oxygen atoms in total. The normalized spacial score (nSPS) is 11.2. The summed E-state index contributed by atoms with van der Waals surface area (Å²) in [6.07, 6.45) is 3.99. The number of hydrogen-bond donors (Lipinski definition) is 0. The topological polar surface area (TPSA) is 30.7 Å². The van der Waals surface area contributed by atoms with Gasteiger partial charge in [0, 0.05) is 29.0 Å². The van der Waals surface area contributed by atoms with E-state index in [1.807, 2.05) is 30.5 Å². The molecular formula is C22H15N3. The quantitative estimate of drug-likeness (QED) is 0.445. The molecule has 3 heteroatoms. The molecule has 0 unspecified atom stereocenters. The summed E-state index contributed by atoms with van der Waals surface area (Å²) in [5, 5.41) is 2.29. The predicted molar refractivity (Wildman–Crippen MR) is 102 cm³/mol. The highest BCUT2D eigenvalue weighted by molar-refractivity contribution is 5.82. The molecule has 0 saturated carbocycles. The molecule has 5 rings (SSSR count). The number of para-hydroxylation sites is 2. The average molecular weight is 321 g/mol. The SMILES string of the molecule is c1cc(-c2ncc3ccccc3n2)cc(-n2ccc3ccccc32)c1. The van der Waals surface area contributed by atoms with Crippen molar-refractivity contribution in [3.05, 3.63) is 91.3 Å². The molecule has 0 spiro atoms. The Morgan fingerprint density at radius 2 is 1.56 bits per heavy atom. The van der Waals surface area contributed by atoms with Crippen molar-refractivity contribution in [1.82, 2.24) is 14.5 Å². The fraction of sp³-hybridized carbons (Fsp3) is 0. The van der Waals surface area contributed by atoms with Crippen molar-refractivity contribution in [2.45, 2.75) is 0 Å². The van der Waals surface area contributed by atoms with Gasteiger partial charge in [-0.2, -0.15) is 0 Å². The van der Waals surface area contributed by atoms with Crippen molar-refractivity contribution in [2.75, 3.05) is 0 Å². The number of nitrogens with zero attached hydrogens (tertiary/aromatic N) is 3. The van der Waals surface area contributed by atoms with Gasteiger partial charge in [0.1, 0.15) is 0 Å². The van der Waals surface area contributed by atoms with Crippen LogP contribution < -0.4 is 0 Å². The molecule has 0 fully saturated rings. The van der Waals surface area contributed by atoms with Gasteiger partial charge in [-0.1, -0.05) is 48.5 Å². The van der Waals surface area contributed by atoms with Crippen LogP contribution in [0.4, 0.5) is 0 Å². The third-order valence-electron chi connectivity index (χ3n) is 4.47. The van der Waals surface area contributed by atoms with E-state index in [1.165, 1.54) is 10.9 Å². The minimum atomic E-state index is 0.747. The molecular weight excluding hydrogens is 306 g/mol. The van der Waals surface area contributed by atoms with Crippen LogP contribution in [0.25, 0.3) is 38.9 Å². The Bertz CT molecular complexity index is 1200. The summed E-state index contributed by atoms with van der Waals surface area (Å²) in [6.45, 7) is 0. The summed E-state index contributed by atoms with van der Waals surface area (Å²) in [4.78, 5) is 9.25. The molecule has 2 heterocycles. The van der Waals surface area contributed by atoms with Crippen LogP contribution in [0, 0.1) is 0 Å². The highest BCUT2D eigenvalue weighted by Gasteiger charge is 2.07. The maximum absolute atomic E-state index is 4.71. The van der Waals surface area contributed by atoms with Gasteiger partial charge in [-0.05, 0) is 35.7 Å². The van der Waals surface area contributed by atoms with Gasteiger partial charge < -0.3 is 4.57 Å². The Morgan fingerprint density at radius 1 is 0.720 bits per heavy atom. The number of fused-ring (bicyclic) bond motifs is 2. The van der Waals surface area contributed by atoms with Crippen LogP contribution in [0.15, 0.2) is 91.3 Å². The van der Waals surface area contributed by atoms with E-state index in [4.69, 9.17) is 4.98 Å². The summed E-state index contributed by atoms with van der Waals surface area (Å²) in [5.74, 6) is 0.747. The van der Waals surface area contributed by atoms with Crippen molar-refractivity contribution < 1.29 is 0 Å². The van der Waals surface area contributed by atoms with Crippen LogP contribution >= 0.6 is 0 Å². The second-order valence-corrected chi connectivity index (χ2v) is 6.05. The Hall–Kier alpha value is -3.46. The highest BCUT2D eigenvalue weighted by atomic mass is 15.0. The zero-order valence-electron chi connectivity index (χ0n) is 13.5. The van der Waals surface area contributed by atoms with Crippen LogP contribution in [-0.2, 0) is 0 Å². The smallest absolute Gasteiger partial charge is 0.159 e. The first kappa shape index (κ1) is 13.9. The number of hydrogen-bond acceptors (Lipinski definition) is 2. The first-order valence-electron chi connectivity index (χ1n) is 8.27. The molecule has 0 amide bonds. The largest absolute Gasteiger partial charge is 0.317 e. The lowest BCUT2D eigenvalue weighted by Gasteiger charge is -2.08. The molecule has 0 atom stereocenters. The van der Waals surface area contributed by atoms with Gasteiger partial charge in [-0.25, -0.2) is 9.97 Å². The molecule has 2 aromatic heterocycles. The lowest BCUT2D eigenvalue weighted by Crippen LogP contribution is -1.94. The van der Waals surface area contributed by atoms with Crippen molar-refractivity contribution in [3.63, 3.8) is 0 Å². The number of aromatic nitrogens is 3. The Labute approximate surface area is 145 Å². The zero-order chi connectivity index (χ0) is 16.6. The van der Waals surface area contributed by atoms with E-state index >= 15 is 0 Å². The van der Waals surface area contributed by atoms with E-state index in [1.54, 1.807) is 0 Å². The molecule has 3 aromatic carbocycles. The molecule has 25 heavy (non-hydrogen) atoms. The average Bonchev–Trinajstić information content (AvgIpc) is 3.12. The number of benzene rings is 3. The fourth-order valence-corrected chi connectivity index (χ4v) is 3.21. The van der Waals surface area contributed by atoms with Crippen molar-refractivity contribution in [2.24, 2.45) is 0 Å². The third kappa shape index (κ3) is 2.37. The maximum Gasteiger partial charge on any atom is 0.159 e. The lowest BCUT2D eigenvalue weighted by atomic mass is 10.1. The standard InChI is InChI=1S/C22H15N3/c1-3-10-20-18(7-1)15-23-22(24-20)17-8-5-9-19(14-17)25-13-12-16-6-2-4-11-21(16)25/h1-15H. The maximum atomic E-state index is 4.71. The summed E-state index contributed by atoms with van der Waals surface area (Å²) in [7, 11) is 0. The minimum Gasteiger partial charge on any atom is -0.317 e. The van der Waals surface area contributed by atoms with Crippen molar-refractivity contribution in [1.29, 1.82) is 0 Å². The second-order valence-electron chi connectivity index (χ2n) is 6.05. The van der Waals surface area contributed by atoms with E-state index in [0.29, 0.717) is 0 Å². The van der Waals surface area contributed by atoms with E-state index < -0.39 is 0 Å². The molecule has 0 saturated heterocycles.